The van der Waals surface area contributed by atoms with E-state index in [-0.39, 0.29) is 11.3 Å². The normalized spacial score (nSPS) is 29.5. The van der Waals surface area contributed by atoms with Crippen LogP contribution in [0.3, 0.4) is 0 Å². The van der Waals surface area contributed by atoms with Crippen molar-refractivity contribution in [2.75, 3.05) is 13.2 Å². The van der Waals surface area contributed by atoms with E-state index in [9.17, 15) is 4.79 Å². The van der Waals surface area contributed by atoms with Crippen LogP contribution in [0.25, 0.3) is 0 Å². The van der Waals surface area contributed by atoms with Crippen LogP contribution in [0.4, 0.5) is 0 Å². The van der Waals surface area contributed by atoms with Gasteiger partial charge in [-0.05, 0) is 43.7 Å². The number of pyridine rings is 1. The Kier molecular flexibility index (Phi) is 3.27. The van der Waals surface area contributed by atoms with Crippen LogP contribution in [-0.2, 0) is 14.9 Å². The van der Waals surface area contributed by atoms with E-state index in [4.69, 9.17) is 9.84 Å². The molecule has 0 bridgehead atoms. The number of aromatic nitrogens is 1. The number of carboxylic acids is 1. The second kappa shape index (κ2) is 4.93. The van der Waals surface area contributed by atoms with E-state index in [2.05, 4.69) is 11.1 Å². The summed E-state index contributed by atoms with van der Waals surface area (Å²) in [4.78, 5) is 15.5. The van der Waals surface area contributed by atoms with Crippen LogP contribution < -0.4 is 0 Å². The minimum absolute atomic E-state index is 0.0325. The van der Waals surface area contributed by atoms with E-state index in [1.165, 1.54) is 0 Å². The maximum absolute atomic E-state index is 11.0. The molecule has 0 spiro atoms. The Morgan fingerprint density at radius 2 is 2.00 bits per heavy atom. The topological polar surface area (TPSA) is 59.4 Å². The van der Waals surface area contributed by atoms with Gasteiger partial charge in [-0.1, -0.05) is 6.07 Å². The first-order chi connectivity index (χ1) is 9.22. The van der Waals surface area contributed by atoms with Gasteiger partial charge in [0.25, 0.3) is 0 Å². The van der Waals surface area contributed by atoms with Crippen LogP contribution in [0.5, 0.6) is 0 Å². The van der Waals surface area contributed by atoms with Gasteiger partial charge >= 0.3 is 5.97 Å². The highest BCUT2D eigenvalue weighted by Gasteiger charge is 2.49. The highest BCUT2D eigenvalue weighted by Crippen LogP contribution is 2.46. The van der Waals surface area contributed by atoms with Crippen LogP contribution in [0.2, 0.25) is 0 Å². The molecule has 4 nitrogen and oxygen atoms in total. The Morgan fingerprint density at radius 3 is 2.47 bits per heavy atom. The molecular weight excluding hydrogens is 242 g/mol. The molecule has 2 heterocycles. The zero-order valence-corrected chi connectivity index (χ0v) is 10.9. The van der Waals surface area contributed by atoms with Crippen molar-refractivity contribution in [2.24, 2.45) is 11.8 Å². The van der Waals surface area contributed by atoms with E-state index >= 15 is 0 Å². The molecule has 1 aliphatic heterocycles. The molecule has 0 radical (unpaired) electrons. The van der Waals surface area contributed by atoms with E-state index < -0.39 is 5.97 Å². The summed E-state index contributed by atoms with van der Waals surface area (Å²) in [5.41, 5.74) is 1.14. The number of nitrogens with zero attached hydrogens (tertiary/aromatic N) is 1. The largest absolute Gasteiger partial charge is 0.481 e. The van der Waals surface area contributed by atoms with E-state index in [1.807, 2.05) is 18.3 Å². The smallest absolute Gasteiger partial charge is 0.306 e. The zero-order chi connectivity index (χ0) is 13.3. The Morgan fingerprint density at radius 1 is 1.26 bits per heavy atom. The Hall–Kier alpha value is -1.42. The second-order valence-corrected chi connectivity index (χ2v) is 5.75. The van der Waals surface area contributed by atoms with Crippen molar-refractivity contribution in [1.82, 2.24) is 4.98 Å². The summed E-state index contributed by atoms with van der Waals surface area (Å²) in [6.45, 7) is 1.46. The standard InChI is InChI=1S/C15H19NO3/c17-14(18)11-4-6-12(7-5-11)15(9-19-10-15)13-3-1-2-8-16-13/h1-3,8,11-12H,4-7,9-10H2,(H,17,18). The maximum Gasteiger partial charge on any atom is 0.306 e. The molecule has 1 saturated carbocycles. The lowest BCUT2D eigenvalue weighted by molar-refractivity contribution is -0.145. The molecule has 2 fully saturated rings. The molecule has 0 atom stereocenters. The fraction of sp³-hybridized carbons (Fsp3) is 0.600. The molecule has 19 heavy (non-hydrogen) atoms. The van der Waals surface area contributed by atoms with E-state index in [1.54, 1.807) is 0 Å². The third-order valence-corrected chi connectivity index (χ3v) is 4.75. The van der Waals surface area contributed by atoms with Gasteiger partial charge in [0.2, 0.25) is 0 Å². The number of hydrogen-bond acceptors (Lipinski definition) is 3. The van der Waals surface area contributed by atoms with Crippen molar-refractivity contribution in [3.63, 3.8) is 0 Å². The van der Waals surface area contributed by atoms with Gasteiger partial charge in [-0.25, -0.2) is 0 Å². The van der Waals surface area contributed by atoms with Crippen molar-refractivity contribution in [1.29, 1.82) is 0 Å². The summed E-state index contributed by atoms with van der Waals surface area (Å²) in [6, 6.07) is 6.02. The monoisotopic (exact) mass is 261 g/mol. The summed E-state index contributed by atoms with van der Waals surface area (Å²) in [7, 11) is 0. The second-order valence-electron chi connectivity index (χ2n) is 5.75. The number of carboxylic acid groups (broad SMARTS) is 1. The van der Waals surface area contributed by atoms with Gasteiger partial charge in [0.1, 0.15) is 0 Å². The maximum atomic E-state index is 11.0. The van der Waals surface area contributed by atoms with E-state index in [0.29, 0.717) is 5.92 Å². The molecule has 1 saturated heterocycles. The van der Waals surface area contributed by atoms with E-state index in [0.717, 1.165) is 44.6 Å². The minimum atomic E-state index is -0.643. The molecule has 3 rings (SSSR count). The third-order valence-electron chi connectivity index (χ3n) is 4.75. The first-order valence-electron chi connectivity index (χ1n) is 6.94. The molecule has 0 amide bonds. The molecule has 1 aromatic heterocycles. The SMILES string of the molecule is O=C(O)C1CCC(C2(c3ccccn3)COC2)CC1. The molecule has 102 valence electrons. The number of aliphatic carboxylic acids is 1. The quantitative estimate of drug-likeness (QED) is 0.906. The lowest BCUT2D eigenvalue weighted by Gasteiger charge is -2.48. The summed E-state index contributed by atoms with van der Waals surface area (Å²) >= 11 is 0. The molecular formula is C15H19NO3. The van der Waals surface area contributed by atoms with Crippen LogP contribution in [0, 0.1) is 11.8 Å². The predicted molar refractivity (Wildman–Crippen MR) is 69.8 cm³/mol. The lowest BCUT2D eigenvalue weighted by atomic mass is 9.64. The molecule has 1 N–H and O–H groups in total. The van der Waals surface area contributed by atoms with Gasteiger partial charge in [-0.2, -0.15) is 0 Å². The average Bonchev–Trinajstić information content (AvgIpc) is 2.39. The Balaban J connectivity index is 1.76. The number of carbonyl (C=O) groups is 1. The van der Waals surface area contributed by atoms with Gasteiger partial charge in [-0.3, -0.25) is 9.78 Å². The first-order valence-corrected chi connectivity index (χ1v) is 6.94. The average molecular weight is 261 g/mol. The van der Waals surface area contributed by atoms with Gasteiger partial charge < -0.3 is 9.84 Å². The van der Waals surface area contributed by atoms with Crippen LogP contribution in [-0.4, -0.2) is 29.3 Å². The molecule has 0 aromatic carbocycles. The number of rotatable bonds is 3. The molecule has 0 unspecified atom stereocenters. The van der Waals surface area contributed by atoms with Crippen molar-refractivity contribution in [3.05, 3.63) is 30.1 Å². The molecule has 4 heteroatoms. The molecule has 2 aliphatic rings. The van der Waals surface area contributed by atoms with Crippen LogP contribution in [0.15, 0.2) is 24.4 Å². The summed E-state index contributed by atoms with van der Waals surface area (Å²) in [6.07, 6.45) is 5.34. The molecule has 1 aliphatic carbocycles. The van der Waals surface area contributed by atoms with Crippen molar-refractivity contribution in [2.45, 2.75) is 31.1 Å². The summed E-state index contributed by atoms with van der Waals surface area (Å²) in [5, 5.41) is 9.08. The van der Waals surface area contributed by atoms with Crippen molar-refractivity contribution in [3.8, 4) is 0 Å². The van der Waals surface area contributed by atoms with Gasteiger partial charge in [-0.15, -0.1) is 0 Å². The highest BCUT2D eigenvalue weighted by molar-refractivity contribution is 5.70. The summed E-state index contributed by atoms with van der Waals surface area (Å²) in [5.74, 6) is -0.292. The van der Waals surface area contributed by atoms with Crippen LogP contribution in [0.1, 0.15) is 31.4 Å². The van der Waals surface area contributed by atoms with Gasteiger partial charge in [0.15, 0.2) is 0 Å². The van der Waals surface area contributed by atoms with Crippen molar-refractivity contribution >= 4 is 5.97 Å². The Labute approximate surface area is 112 Å². The fourth-order valence-electron chi connectivity index (χ4n) is 3.46. The minimum Gasteiger partial charge on any atom is -0.481 e. The predicted octanol–water partition coefficient (Wildman–Crippen LogP) is 2.24. The fourth-order valence-corrected chi connectivity index (χ4v) is 3.46. The molecule has 1 aromatic rings. The van der Waals surface area contributed by atoms with Gasteiger partial charge in [0, 0.05) is 6.20 Å². The Bertz CT molecular complexity index is 448. The highest BCUT2D eigenvalue weighted by atomic mass is 16.5. The van der Waals surface area contributed by atoms with Crippen LogP contribution >= 0.6 is 0 Å². The summed E-state index contributed by atoms with van der Waals surface area (Å²) < 4.78 is 5.46. The lowest BCUT2D eigenvalue weighted by Crippen LogP contribution is -2.53. The first kappa shape index (κ1) is 12.6. The third kappa shape index (κ3) is 2.14. The number of hydrogen-bond donors (Lipinski definition) is 1. The van der Waals surface area contributed by atoms with Crippen molar-refractivity contribution < 1.29 is 14.6 Å². The zero-order valence-electron chi connectivity index (χ0n) is 10.9. The van der Waals surface area contributed by atoms with Gasteiger partial charge in [0.05, 0.1) is 30.2 Å². The number of ether oxygens (including phenoxy) is 1.